The van der Waals surface area contributed by atoms with Crippen LogP contribution in [0.15, 0.2) is 12.1 Å². The summed E-state index contributed by atoms with van der Waals surface area (Å²) in [5.41, 5.74) is 3.88. The van der Waals surface area contributed by atoms with Gasteiger partial charge in [-0.2, -0.15) is 0 Å². The summed E-state index contributed by atoms with van der Waals surface area (Å²) in [4.78, 5) is 0. The highest BCUT2D eigenvalue weighted by molar-refractivity contribution is 5.41. The maximum absolute atomic E-state index is 5.89. The van der Waals surface area contributed by atoms with Crippen molar-refractivity contribution in [3.05, 3.63) is 28.8 Å². The van der Waals surface area contributed by atoms with E-state index in [9.17, 15) is 0 Å². The molecule has 1 aromatic rings. The smallest absolute Gasteiger partial charge is 0.122 e. The highest BCUT2D eigenvalue weighted by Crippen LogP contribution is 2.23. The van der Waals surface area contributed by atoms with Gasteiger partial charge in [-0.25, -0.2) is 0 Å². The Labute approximate surface area is 111 Å². The second-order valence-corrected chi connectivity index (χ2v) is 5.49. The lowest BCUT2D eigenvalue weighted by molar-refractivity contribution is 0.303. The van der Waals surface area contributed by atoms with Crippen LogP contribution in [0.2, 0.25) is 0 Å². The van der Waals surface area contributed by atoms with Crippen molar-refractivity contribution in [2.45, 2.75) is 52.5 Å². The van der Waals surface area contributed by atoms with Crippen LogP contribution >= 0.6 is 0 Å². The lowest BCUT2D eigenvalue weighted by atomic mass is 10.1. The summed E-state index contributed by atoms with van der Waals surface area (Å²) in [6, 6.07) is 5.18. The summed E-state index contributed by atoms with van der Waals surface area (Å²) in [7, 11) is 0. The zero-order chi connectivity index (χ0) is 13.0. The van der Waals surface area contributed by atoms with Crippen LogP contribution in [0.3, 0.4) is 0 Å². The first kappa shape index (κ1) is 13.4. The molecule has 1 aliphatic rings. The average molecular weight is 247 g/mol. The Morgan fingerprint density at radius 2 is 1.94 bits per heavy atom. The molecule has 0 spiro atoms. The number of aryl methyl sites for hydroxylation is 2. The van der Waals surface area contributed by atoms with Gasteiger partial charge < -0.3 is 10.1 Å². The summed E-state index contributed by atoms with van der Waals surface area (Å²) in [6.07, 6.45) is 5.09. The molecule has 0 atom stereocenters. The number of hydrogen-bond acceptors (Lipinski definition) is 2. The fourth-order valence-electron chi connectivity index (χ4n) is 2.15. The summed E-state index contributed by atoms with van der Waals surface area (Å²) in [6.45, 7) is 8.38. The van der Waals surface area contributed by atoms with Gasteiger partial charge in [0.05, 0.1) is 6.61 Å². The third-order valence-corrected chi connectivity index (χ3v) is 3.60. The number of nitrogens with one attached hydrogen (secondary N) is 1. The molecule has 0 bridgehead atoms. The Kier molecular flexibility index (Phi) is 4.65. The summed E-state index contributed by atoms with van der Waals surface area (Å²) >= 11 is 0. The predicted octanol–water partition coefficient (Wildman–Crippen LogP) is 3.52. The molecule has 1 N–H and O–H groups in total. The first-order chi connectivity index (χ1) is 8.66. The SMILES string of the molecule is Cc1cc(C)c(C)c(OCCCCNC2CC2)c1. The van der Waals surface area contributed by atoms with Crippen molar-refractivity contribution in [3.63, 3.8) is 0 Å². The Morgan fingerprint density at radius 1 is 1.17 bits per heavy atom. The maximum Gasteiger partial charge on any atom is 0.122 e. The van der Waals surface area contributed by atoms with E-state index in [-0.39, 0.29) is 0 Å². The molecule has 1 saturated carbocycles. The van der Waals surface area contributed by atoms with Crippen LogP contribution in [0.5, 0.6) is 5.75 Å². The molecule has 0 unspecified atom stereocenters. The Balaban J connectivity index is 1.68. The van der Waals surface area contributed by atoms with Crippen molar-refractivity contribution in [1.29, 1.82) is 0 Å². The molecule has 1 fully saturated rings. The van der Waals surface area contributed by atoms with Gasteiger partial charge in [0.15, 0.2) is 0 Å². The van der Waals surface area contributed by atoms with Crippen LogP contribution in [0.1, 0.15) is 42.4 Å². The van der Waals surface area contributed by atoms with Crippen molar-refractivity contribution >= 4 is 0 Å². The number of unbranched alkanes of at least 4 members (excludes halogenated alkanes) is 1. The number of benzene rings is 1. The summed E-state index contributed by atoms with van der Waals surface area (Å²) < 4.78 is 5.89. The Bertz CT molecular complexity index is 396. The van der Waals surface area contributed by atoms with E-state index in [1.165, 1.54) is 36.0 Å². The third kappa shape index (κ3) is 4.02. The standard InChI is InChI=1S/C16H25NO/c1-12-10-13(2)14(3)16(11-12)18-9-5-4-8-17-15-6-7-15/h10-11,15,17H,4-9H2,1-3H3. The largest absolute Gasteiger partial charge is 0.493 e. The molecule has 1 aliphatic carbocycles. The number of hydrogen-bond donors (Lipinski definition) is 1. The van der Waals surface area contributed by atoms with Gasteiger partial charge in [0, 0.05) is 6.04 Å². The van der Waals surface area contributed by atoms with E-state index in [0.29, 0.717) is 0 Å². The minimum absolute atomic E-state index is 0.826. The number of ether oxygens (including phenoxy) is 1. The van der Waals surface area contributed by atoms with Gasteiger partial charge in [-0.05, 0) is 75.8 Å². The van der Waals surface area contributed by atoms with Crippen LogP contribution in [0, 0.1) is 20.8 Å². The van der Waals surface area contributed by atoms with E-state index in [0.717, 1.165) is 31.4 Å². The predicted molar refractivity (Wildman–Crippen MR) is 76.4 cm³/mol. The van der Waals surface area contributed by atoms with Crippen molar-refractivity contribution in [1.82, 2.24) is 5.32 Å². The molecule has 0 saturated heterocycles. The molecular weight excluding hydrogens is 222 g/mol. The second kappa shape index (κ2) is 6.24. The molecule has 0 aromatic heterocycles. The van der Waals surface area contributed by atoms with Gasteiger partial charge in [-0.3, -0.25) is 0 Å². The lowest BCUT2D eigenvalue weighted by Gasteiger charge is -2.12. The molecule has 100 valence electrons. The molecule has 2 heteroatoms. The second-order valence-electron chi connectivity index (χ2n) is 5.49. The monoisotopic (exact) mass is 247 g/mol. The minimum atomic E-state index is 0.826. The van der Waals surface area contributed by atoms with Crippen LogP contribution in [0.25, 0.3) is 0 Å². The zero-order valence-electron chi connectivity index (χ0n) is 11.9. The molecule has 1 aromatic carbocycles. The van der Waals surface area contributed by atoms with Crippen LogP contribution in [-0.4, -0.2) is 19.2 Å². The van der Waals surface area contributed by atoms with Crippen LogP contribution in [-0.2, 0) is 0 Å². The van der Waals surface area contributed by atoms with Crippen molar-refractivity contribution in [3.8, 4) is 5.75 Å². The first-order valence-corrected chi connectivity index (χ1v) is 7.11. The van der Waals surface area contributed by atoms with Crippen molar-refractivity contribution in [2.75, 3.05) is 13.2 Å². The van der Waals surface area contributed by atoms with Crippen molar-refractivity contribution < 1.29 is 4.74 Å². The molecule has 2 rings (SSSR count). The lowest BCUT2D eigenvalue weighted by Crippen LogP contribution is -2.18. The van der Waals surface area contributed by atoms with E-state index < -0.39 is 0 Å². The third-order valence-electron chi connectivity index (χ3n) is 3.60. The summed E-state index contributed by atoms with van der Waals surface area (Å²) in [5, 5.41) is 3.53. The molecule has 2 nitrogen and oxygen atoms in total. The molecule has 0 radical (unpaired) electrons. The fraction of sp³-hybridized carbons (Fsp3) is 0.625. The Hall–Kier alpha value is -1.02. The fourth-order valence-corrected chi connectivity index (χ4v) is 2.15. The molecule has 0 aliphatic heterocycles. The van der Waals surface area contributed by atoms with Gasteiger partial charge in [0.2, 0.25) is 0 Å². The van der Waals surface area contributed by atoms with Crippen molar-refractivity contribution in [2.24, 2.45) is 0 Å². The van der Waals surface area contributed by atoms with E-state index in [4.69, 9.17) is 4.74 Å². The average Bonchev–Trinajstić information content (AvgIpc) is 3.13. The van der Waals surface area contributed by atoms with Gasteiger partial charge >= 0.3 is 0 Å². The van der Waals surface area contributed by atoms with Gasteiger partial charge in [-0.1, -0.05) is 6.07 Å². The maximum atomic E-state index is 5.89. The molecule has 18 heavy (non-hydrogen) atoms. The quantitative estimate of drug-likeness (QED) is 0.744. The molecular formula is C16H25NO. The van der Waals surface area contributed by atoms with E-state index in [2.05, 4.69) is 38.2 Å². The first-order valence-electron chi connectivity index (χ1n) is 7.11. The highest BCUT2D eigenvalue weighted by Gasteiger charge is 2.19. The minimum Gasteiger partial charge on any atom is -0.493 e. The Morgan fingerprint density at radius 3 is 2.67 bits per heavy atom. The molecule has 0 amide bonds. The van der Waals surface area contributed by atoms with Crippen LogP contribution in [0.4, 0.5) is 0 Å². The van der Waals surface area contributed by atoms with Gasteiger partial charge in [0.1, 0.15) is 5.75 Å². The normalized spacial score (nSPS) is 14.8. The molecule has 0 heterocycles. The van der Waals surface area contributed by atoms with Crippen LogP contribution < -0.4 is 10.1 Å². The van der Waals surface area contributed by atoms with E-state index in [1.54, 1.807) is 0 Å². The van der Waals surface area contributed by atoms with Gasteiger partial charge in [-0.15, -0.1) is 0 Å². The van der Waals surface area contributed by atoms with E-state index >= 15 is 0 Å². The number of rotatable bonds is 7. The zero-order valence-corrected chi connectivity index (χ0v) is 11.9. The summed E-state index contributed by atoms with van der Waals surface area (Å²) in [5.74, 6) is 1.06. The topological polar surface area (TPSA) is 21.3 Å². The van der Waals surface area contributed by atoms with E-state index in [1.807, 2.05) is 0 Å². The highest BCUT2D eigenvalue weighted by atomic mass is 16.5. The van der Waals surface area contributed by atoms with Gasteiger partial charge in [0.25, 0.3) is 0 Å².